The Labute approximate surface area is 168 Å². The van der Waals surface area contributed by atoms with E-state index in [9.17, 15) is 14.0 Å². The van der Waals surface area contributed by atoms with Crippen LogP contribution in [0.3, 0.4) is 0 Å². The first kappa shape index (κ1) is 18.9. The number of carbonyl (C=O) groups is 2. The van der Waals surface area contributed by atoms with E-state index in [0.29, 0.717) is 31.1 Å². The lowest BCUT2D eigenvalue weighted by Crippen LogP contribution is -2.48. The SMILES string of the molecule is O=C([C@@H]1CCCN1C(=O)c1cccs1)N1CCCN(c2ccc(F)cc2)CC1. The van der Waals surface area contributed by atoms with Crippen molar-refractivity contribution in [1.82, 2.24) is 9.80 Å². The Morgan fingerprint density at radius 1 is 0.964 bits per heavy atom. The number of likely N-dealkylation sites (tertiary alicyclic amines) is 1. The molecule has 0 unspecified atom stereocenters. The molecular weight excluding hydrogens is 377 g/mol. The molecule has 148 valence electrons. The number of thiophene rings is 1. The molecule has 3 heterocycles. The van der Waals surface area contributed by atoms with E-state index in [1.54, 1.807) is 17.0 Å². The zero-order valence-corrected chi connectivity index (χ0v) is 16.5. The molecule has 7 heteroatoms. The maximum absolute atomic E-state index is 13.2. The van der Waals surface area contributed by atoms with Crippen LogP contribution in [0, 0.1) is 5.82 Å². The van der Waals surface area contributed by atoms with Gasteiger partial charge in [0.05, 0.1) is 4.88 Å². The summed E-state index contributed by atoms with van der Waals surface area (Å²) in [5.74, 6) is -0.218. The molecular formula is C21H24FN3O2S. The number of hydrogen-bond acceptors (Lipinski definition) is 4. The second-order valence-corrected chi connectivity index (χ2v) is 8.22. The van der Waals surface area contributed by atoms with Gasteiger partial charge in [-0.3, -0.25) is 9.59 Å². The van der Waals surface area contributed by atoms with Gasteiger partial charge in [-0.1, -0.05) is 6.07 Å². The Morgan fingerprint density at radius 3 is 2.54 bits per heavy atom. The van der Waals surface area contributed by atoms with Crippen molar-refractivity contribution >= 4 is 28.8 Å². The van der Waals surface area contributed by atoms with Gasteiger partial charge < -0.3 is 14.7 Å². The van der Waals surface area contributed by atoms with Crippen molar-refractivity contribution in [2.24, 2.45) is 0 Å². The Morgan fingerprint density at radius 2 is 1.79 bits per heavy atom. The van der Waals surface area contributed by atoms with Crippen molar-refractivity contribution < 1.29 is 14.0 Å². The largest absolute Gasteiger partial charge is 0.370 e. The quantitative estimate of drug-likeness (QED) is 0.793. The summed E-state index contributed by atoms with van der Waals surface area (Å²) in [5, 5.41) is 1.89. The first-order valence-electron chi connectivity index (χ1n) is 9.77. The highest BCUT2D eigenvalue weighted by Gasteiger charge is 2.37. The van der Waals surface area contributed by atoms with Crippen molar-refractivity contribution in [2.45, 2.75) is 25.3 Å². The molecule has 1 atom stereocenters. The van der Waals surface area contributed by atoms with E-state index in [1.807, 2.05) is 22.4 Å². The normalized spacial score (nSPS) is 20.3. The fourth-order valence-electron chi connectivity index (χ4n) is 4.07. The number of benzene rings is 1. The molecule has 2 aliphatic heterocycles. The van der Waals surface area contributed by atoms with Crippen molar-refractivity contribution in [3.8, 4) is 0 Å². The monoisotopic (exact) mass is 401 g/mol. The molecule has 2 amide bonds. The molecule has 4 rings (SSSR count). The van der Waals surface area contributed by atoms with Gasteiger partial charge in [0.25, 0.3) is 5.91 Å². The van der Waals surface area contributed by atoms with Crippen LogP contribution in [0.15, 0.2) is 41.8 Å². The number of halogens is 1. The molecule has 1 aromatic heterocycles. The molecule has 2 fully saturated rings. The van der Waals surface area contributed by atoms with E-state index in [-0.39, 0.29) is 23.7 Å². The van der Waals surface area contributed by atoms with E-state index in [2.05, 4.69) is 4.90 Å². The van der Waals surface area contributed by atoms with E-state index in [0.717, 1.165) is 31.5 Å². The summed E-state index contributed by atoms with van der Waals surface area (Å²) in [4.78, 5) is 32.5. The van der Waals surface area contributed by atoms with Crippen LogP contribution < -0.4 is 4.90 Å². The maximum atomic E-state index is 13.2. The minimum atomic E-state index is -0.355. The lowest BCUT2D eigenvalue weighted by molar-refractivity contribution is -0.135. The van der Waals surface area contributed by atoms with Gasteiger partial charge in [-0.25, -0.2) is 4.39 Å². The zero-order valence-electron chi connectivity index (χ0n) is 15.7. The third kappa shape index (κ3) is 3.90. The fourth-order valence-corrected chi connectivity index (χ4v) is 4.75. The van der Waals surface area contributed by atoms with Gasteiger partial charge in [-0.05, 0) is 55.0 Å². The molecule has 0 N–H and O–H groups in total. The van der Waals surface area contributed by atoms with Gasteiger partial charge in [0.2, 0.25) is 5.91 Å². The Bertz CT molecular complexity index is 825. The zero-order chi connectivity index (χ0) is 19.5. The molecule has 2 aromatic rings. The van der Waals surface area contributed by atoms with Crippen LogP contribution >= 0.6 is 11.3 Å². The van der Waals surface area contributed by atoms with E-state index in [4.69, 9.17) is 0 Å². The third-order valence-electron chi connectivity index (χ3n) is 5.53. The average molecular weight is 402 g/mol. The molecule has 1 aromatic carbocycles. The first-order valence-corrected chi connectivity index (χ1v) is 10.7. The number of carbonyl (C=O) groups excluding carboxylic acids is 2. The topological polar surface area (TPSA) is 43.9 Å². The van der Waals surface area contributed by atoms with Crippen molar-refractivity contribution in [3.05, 3.63) is 52.5 Å². The summed E-state index contributed by atoms with van der Waals surface area (Å²) in [6.07, 6.45) is 2.45. The third-order valence-corrected chi connectivity index (χ3v) is 6.39. The van der Waals surface area contributed by atoms with Gasteiger partial charge in [0.1, 0.15) is 11.9 Å². The van der Waals surface area contributed by atoms with Crippen LogP contribution in [-0.2, 0) is 4.79 Å². The van der Waals surface area contributed by atoms with Crippen molar-refractivity contribution in [3.63, 3.8) is 0 Å². The summed E-state index contributed by atoms with van der Waals surface area (Å²) < 4.78 is 13.2. The molecule has 0 saturated carbocycles. The number of rotatable bonds is 3. The summed E-state index contributed by atoms with van der Waals surface area (Å²) in [5.41, 5.74) is 0.978. The number of anilines is 1. The summed E-state index contributed by atoms with van der Waals surface area (Å²) >= 11 is 1.42. The molecule has 0 radical (unpaired) electrons. The molecule has 2 aliphatic rings. The summed E-state index contributed by atoms with van der Waals surface area (Å²) in [7, 11) is 0. The van der Waals surface area contributed by atoms with Gasteiger partial charge in [0.15, 0.2) is 0 Å². The van der Waals surface area contributed by atoms with Crippen LogP contribution in [-0.4, -0.2) is 60.4 Å². The second-order valence-electron chi connectivity index (χ2n) is 7.28. The first-order chi connectivity index (χ1) is 13.6. The molecule has 0 bridgehead atoms. The van der Waals surface area contributed by atoms with Gasteiger partial charge in [0, 0.05) is 38.4 Å². The lowest BCUT2D eigenvalue weighted by Gasteiger charge is -2.29. The van der Waals surface area contributed by atoms with Crippen LogP contribution in [0.25, 0.3) is 0 Å². The van der Waals surface area contributed by atoms with Crippen LogP contribution in [0.1, 0.15) is 28.9 Å². The highest BCUT2D eigenvalue weighted by atomic mass is 32.1. The highest BCUT2D eigenvalue weighted by Crippen LogP contribution is 2.25. The Hall–Kier alpha value is -2.41. The standard InChI is InChI=1S/C21H24FN3O2S/c22-16-6-8-17(9-7-16)23-10-3-11-24(14-13-23)20(26)18-4-1-12-25(18)21(27)19-5-2-15-28-19/h2,5-9,15,18H,1,3-4,10-14H2/t18-/m0/s1. The lowest BCUT2D eigenvalue weighted by atomic mass is 10.2. The van der Waals surface area contributed by atoms with Crippen molar-refractivity contribution in [1.29, 1.82) is 0 Å². The maximum Gasteiger partial charge on any atom is 0.264 e. The van der Waals surface area contributed by atoms with E-state index in [1.165, 1.54) is 23.5 Å². The smallest absolute Gasteiger partial charge is 0.264 e. The number of amides is 2. The number of nitrogens with zero attached hydrogens (tertiary/aromatic N) is 3. The van der Waals surface area contributed by atoms with E-state index < -0.39 is 0 Å². The van der Waals surface area contributed by atoms with Gasteiger partial charge in [-0.15, -0.1) is 11.3 Å². The van der Waals surface area contributed by atoms with Gasteiger partial charge >= 0.3 is 0 Å². The minimum Gasteiger partial charge on any atom is -0.370 e. The Kier molecular flexibility index (Phi) is 5.62. The molecule has 0 aliphatic carbocycles. The van der Waals surface area contributed by atoms with Crippen LogP contribution in [0.5, 0.6) is 0 Å². The minimum absolute atomic E-state index is 0.0337. The Balaban J connectivity index is 1.41. The van der Waals surface area contributed by atoms with Crippen LogP contribution in [0.4, 0.5) is 10.1 Å². The number of hydrogen-bond donors (Lipinski definition) is 0. The van der Waals surface area contributed by atoms with E-state index >= 15 is 0 Å². The molecule has 5 nitrogen and oxygen atoms in total. The highest BCUT2D eigenvalue weighted by molar-refractivity contribution is 7.12. The predicted molar refractivity (Wildman–Crippen MR) is 108 cm³/mol. The van der Waals surface area contributed by atoms with Crippen molar-refractivity contribution in [2.75, 3.05) is 37.6 Å². The average Bonchev–Trinajstić information content (AvgIpc) is 3.36. The van der Waals surface area contributed by atoms with Crippen LogP contribution in [0.2, 0.25) is 0 Å². The fraction of sp³-hybridized carbons (Fsp3) is 0.429. The molecule has 28 heavy (non-hydrogen) atoms. The predicted octanol–water partition coefficient (Wildman–Crippen LogP) is 3.23. The summed E-state index contributed by atoms with van der Waals surface area (Å²) in [6, 6.07) is 9.83. The second kappa shape index (κ2) is 8.31. The molecule has 2 saturated heterocycles. The molecule has 0 spiro atoms. The van der Waals surface area contributed by atoms with Gasteiger partial charge in [-0.2, -0.15) is 0 Å². The summed E-state index contributed by atoms with van der Waals surface area (Å²) in [6.45, 7) is 3.49.